The van der Waals surface area contributed by atoms with Gasteiger partial charge in [-0.2, -0.15) is 0 Å². The number of anilines is 1. The smallest absolute Gasteiger partial charge is 0.354 e. The van der Waals surface area contributed by atoms with Gasteiger partial charge in [0.1, 0.15) is 17.3 Å². The molecule has 0 bridgehead atoms. The summed E-state index contributed by atoms with van der Waals surface area (Å²) in [7, 11) is 0. The number of halogens is 1. The number of aromatic carboxylic acids is 1. The van der Waals surface area contributed by atoms with Gasteiger partial charge in [-0.15, -0.1) is 0 Å². The number of nitrogens with one attached hydrogen (secondary N) is 1. The Bertz CT molecular complexity index is 877. The molecule has 0 aliphatic carbocycles. The summed E-state index contributed by atoms with van der Waals surface area (Å²) in [6.45, 7) is 2.02. The van der Waals surface area contributed by atoms with Gasteiger partial charge in [0.15, 0.2) is 5.69 Å². The molecule has 0 saturated carbocycles. The molecule has 3 rings (SSSR count). The number of nitrogens with zero attached hydrogens (tertiary/aromatic N) is 3. The molecule has 0 fully saturated rings. The normalized spacial score (nSPS) is 10.6. The molecule has 0 spiro atoms. The number of oxazole rings is 1. The molecule has 3 aromatic rings. The highest BCUT2D eigenvalue weighted by atomic mass is 19.1. The van der Waals surface area contributed by atoms with Crippen LogP contribution in [0.1, 0.15) is 21.9 Å². The highest BCUT2D eigenvalue weighted by Gasteiger charge is 2.12. The first-order valence-electron chi connectivity index (χ1n) is 7.05. The molecule has 0 saturated heterocycles. The van der Waals surface area contributed by atoms with Gasteiger partial charge in [0.05, 0.1) is 6.54 Å². The Kier molecular flexibility index (Phi) is 4.19. The number of aryl methyl sites for hydroxylation is 1. The largest absolute Gasteiger partial charge is 0.477 e. The topological polar surface area (TPSA) is 101 Å². The SMILES string of the molecule is Cc1oc(-c2ccc(F)cc2)nc1CNc1nccc(C(=O)O)n1. The van der Waals surface area contributed by atoms with Crippen molar-refractivity contribution in [3.05, 3.63) is 59.5 Å². The van der Waals surface area contributed by atoms with Gasteiger partial charge < -0.3 is 14.8 Å². The number of hydrogen-bond acceptors (Lipinski definition) is 6. The molecule has 0 amide bonds. The maximum Gasteiger partial charge on any atom is 0.354 e. The maximum absolute atomic E-state index is 13.0. The Labute approximate surface area is 136 Å². The van der Waals surface area contributed by atoms with Crippen LogP contribution in [0.25, 0.3) is 11.5 Å². The van der Waals surface area contributed by atoms with Crippen LogP contribution in [0.15, 0.2) is 40.9 Å². The van der Waals surface area contributed by atoms with Crippen LogP contribution < -0.4 is 5.32 Å². The standard InChI is InChI=1S/C16H13FN4O3/c1-9-13(8-19-16-18-7-6-12(21-16)15(22)23)20-14(24-9)10-2-4-11(17)5-3-10/h2-7H,8H2,1H3,(H,22,23)(H,18,19,21). The highest BCUT2D eigenvalue weighted by Crippen LogP contribution is 2.22. The first kappa shape index (κ1) is 15.6. The minimum atomic E-state index is -1.13. The third-order valence-corrected chi connectivity index (χ3v) is 3.27. The summed E-state index contributed by atoms with van der Waals surface area (Å²) in [5.74, 6) is -0.308. The van der Waals surface area contributed by atoms with Crippen LogP contribution in [0.4, 0.5) is 10.3 Å². The Morgan fingerprint density at radius 2 is 2.00 bits per heavy atom. The summed E-state index contributed by atoms with van der Waals surface area (Å²) in [6, 6.07) is 7.13. The van der Waals surface area contributed by atoms with Crippen molar-refractivity contribution in [3.63, 3.8) is 0 Å². The molecule has 122 valence electrons. The van der Waals surface area contributed by atoms with E-state index in [-0.39, 0.29) is 24.0 Å². The second-order valence-corrected chi connectivity index (χ2v) is 4.95. The number of rotatable bonds is 5. The van der Waals surface area contributed by atoms with Crippen molar-refractivity contribution in [1.29, 1.82) is 0 Å². The van der Waals surface area contributed by atoms with Crippen LogP contribution in [0.3, 0.4) is 0 Å². The van der Waals surface area contributed by atoms with E-state index >= 15 is 0 Å². The van der Waals surface area contributed by atoms with Gasteiger partial charge >= 0.3 is 5.97 Å². The van der Waals surface area contributed by atoms with Gasteiger partial charge in [0.2, 0.25) is 11.8 Å². The van der Waals surface area contributed by atoms with Crippen molar-refractivity contribution in [2.75, 3.05) is 5.32 Å². The van der Waals surface area contributed by atoms with E-state index in [0.717, 1.165) is 0 Å². The molecule has 0 aliphatic heterocycles. The molecular weight excluding hydrogens is 315 g/mol. The third-order valence-electron chi connectivity index (χ3n) is 3.27. The summed E-state index contributed by atoms with van der Waals surface area (Å²) in [4.78, 5) is 23.1. The fourth-order valence-corrected chi connectivity index (χ4v) is 2.03. The summed E-state index contributed by atoms with van der Waals surface area (Å²) >= 11 is 0. The average Bonchev–Trinajstić information content (AvgIpc) is 2.95. The number of carbonyl (C=O) groups is 1. The van der Waals surface area contributed by atoms with Crippen molar-refractivity contribution in [2.45, 2.75) is 13.5 Å². The summed E-state index contributed by atoms with van der Waals surface area (Å²) in [6.07, 6.45) is 1.36. The van der Waals surface area contributed by atoms with Crippen molar-refractivity contribution in [2.24, 2.45) is 0 Å². The molecular formula is C16H13FN4O3. The average molecular weight is 328 g/mol. The highest BCUT2D eigenvalue weighted by molar-refractivity contribution is 5.85. The molecule has 8 heteroatoms. The molecule has 0 unspecified atom stereocenters. The van der Waals surface area contributed by atoms with Crippen LogP contribution in [-0.2, 0) is 6.54 Å². The number of carboxylic acid groups (broad SMARTS) is 1. The predicted octanol–water partition coefficient (Wildman–Crippen LogP) is 2.89. The lowest BCUT2D eigenvalue weighted by molar-refractivity contribution is 0.0690. The van der Waals surface area contributed by atoms with Gasteiger partial charge in [-0.25, -0.2) is 24.1 Å². The van der Waals surface area contributed by atoms with Crippen molar-refractivity contribution < 1.29 is 18.7 Å². The Hall–Kier alpha value is -3.29. The first-order valence-corrected chi connectivity index (χ1v) is 7.05. The lowest BCUT2D eigenvalue weighted by Crippen LogP contribution is -2.08. The van der Waals surface area contributed by atoms with Crippen molar-refractivity contribution in [1.82, 2.24) is 15.0 Å². The molecule has 0 radical (unpaired) electrons. The molecule has 0 atom stereocenters. The monoisotopic (exact) mass is 328 g/mol. The van der Waals surface area contributed by atoms with E-state index in [1.807, 2.05) is 0 Å². The molecule has 7 nitrogen and oxygen atoms in total. The number of aromatic nitrogens is 3. The zero-order chi connectivity index (χ0) is 17.1. The van der Waals surface area contributed by atoms with E-state index in [9.17, 15) is 9.18 Å². The van der Waals surface area contributed by atoms with E-state index in [4.69, 9.17) is 9.52 Å². The number of hydrogen-bond donors (Lipinski definition) is 2. The minimum Gasteiger partial charge on any atom is -0.477 e. The van der Waals surface area contributed by atoms with Crippen molar-refractivity contribution >= 4 is 11.9 Å². The molecule has 0 aliphatic rings. The molecule has 2 heterocycles. The van der Waals surface area contributed by atoms with Gasteiger partial charge in [0, 0.05) is 11.8 Å². The summed E-state index contributed by atoms with van der Waals surface area (Å²) < 4.78 is 18.6. The fraction of sp³-hybridized carbons (Fsp3) is 0.125. The number of benzene rings is 1. The maximum atomic E-state index is 13.0. The van der Waals surface area contributed by atoms with Crippen LogP contribution in [0, 0.1) is 12.7 Å². The van der Waals surface area contributed by atoms with Gasteiger partial charge in [-0.05, 0) is 37.3 Å². The molecule has 2 N–H and O–H groups in total. The summed E-state index contributed by atoms with van der Waals surface area (Å²) in [5, 5.41) is 11.8. The first-order chi connectivity index (χ1) is 11.5. The Balaban J connectivity index is 1.75. The van der Waals surface area contributed by atoms with Crippen LogP contribution in [-0.4, -0.2) is 26.0 Å². The van der Waals surface area contributed by atoms with E-state index in [1.54, 1.807) is 19.1 Å². The Morgan fingerprint density at radius 1 is 1.25 bits per heavy atom. The van der Waals surface area contributed by atoms with E-state index in [2.05, 4.69) is 20.3 Å². The van der Waals surface area contributed by atoms with Gasteiger partial charge in [0.25, 0.3) is 0 Å². The van der Waals surface area contributed by atoms with Gasteiger partial charge in [-0.1, -0.05) is 0 Å². The van der Waals surface area contributed by atoms with Gasteiger partial charge in [-0.3, -0.25) is 0 Å². The zero-order valence-corrected chi connectivity index (χ0v) is 12.7. The van der Waals surface area contributed by atoms with E-state index in [1.165, 1.54) is 24.4 Å². The van der Waals surface area contributed by atoms with Crippen LogP contribution in [0.2, 0.25) is 0 Å². The van der Waals surface area contributed by atoms with Crippen LogP contribution >= 0.6 is 0 Å². The van der Waals surface area contributed by atoms with Crippen LogP contribution in [0.5, 0.6) is 0 Å². The number of carboxylic acids is 1. The zero-order valence-electron chi connectivity index (χ0n) is 12.7. The van der Waals surface area contributed by atoms with E-state index < -0.39 is 5.97 Å². The predicted molar refractivity (Wildman–Crippen MR) is 83.0 cm³/mol. The Morgan fingerprint density at radius 3 is 2.71 bits per heavy atom. The van der Waals surface area contributed by atoms with Crippen molar-refractivity contribution in [3.8, 4) is 11.5 Å². The lowest BCUT2D eigenvalue weighted by Gasteiger charge is -2.03. The molecule has 2 aromatic heterocycles. The second kappa shape index (κ2) is 6.45. The fourth-order valence-electron chi connectivity index (χ4n) is 2.03. The quantitative estimate of drug-likeness (QED) is 0.742. The lowest BCUT2D eigenvalue weighted by atomic mass is 10.2. The minimum absolute atomic E-state index is 0.101. The molecule has 24 heavy (non-hydrogen) atoms. The van der Waals surface area contributed by atoms with E-state index in [0.29, 0.717) is 22.9 Å². The third kappa shape index (κ3) is 3.37. The second-order valence-electron chi connectivity index (χ2n) is 4.95. The molecule has 1 aromatic carbocycles. The summed E-state index contributed by atoms with van der Waals surface area (Å²) in [5.41, 5.74) is 1.19.